The molecule has 10 heteroatoms. The third kappa shape index (κ3) is 7.90. The predicted octanol–water partition coefficient (Wildman–Crippen LogP) is 4.77. The summed E-state index contributed by atoms with van der Waals surface area (Å²) >= 11 is 0. The largest absolute Gasteiger partial charge is 0.497 e. The normalized spacial score (nSPS) is 10.6. The molecule has 2 heterocycles. The fourth-order valence-electron chi connectivity index (χ4n) is 3.41. The van der Waals surface area contributed by atoms with Crippen molar-refractivity contribution in [3.63, 3.8) is 0 Å². The van der Waals surface area contributed by atoms with E-state index in [-0.39, 0.29) is 0 Å². The molecule has 2 aromatic carbocycles. The molecular formula is C28H30N6O4. The Morgan fingerprint density at radius 2 is 1.68 bits per heavy atom. The Balaban J connectivity index is 1.48. The van der Waals surface area contributed by atoms with Crippen molar-refractivity contribution in [2.24, 2.45) is 0 Å². The molecule has 4 rings (SSSR count). The Morgan fingerprint density at radius 1 is 0.947 bits per heavy atom. The van der Waals surface area contributed by atoms with Gasteiger partial charge in [-0.3, -0.25) is 10.3 Å². The summed E-state index contributed by atoms with van der Waals surface area (Å²) < 4.78 is 16.3. The molecule has 196 valence electrons. The van der Waals surface area contributed by atoms with E-state index in [1.165, 1.54) is 0 Å². The highest BCUT2D eigenvalue weighted by atomic mass is 16.6. The third-order valence-electron chi connectivity index (χ3n) is 5.39. The maximum absolute atomic E-state index is 12.7. The number of aromatic nitrogens is 3. The number of hydrogen-bond acceptors (Lipinski definition) is 9. The maximum atomic E-state index is 12.7. The molecule has 0 saturated carbocycles. The second kappa shape index (κ2) is 13.0. The van der Waals surface area contributed by atoms with Crippen LogP contribution in [0.3, 0.4) is 0 Å². The van der Waals surface area contributed by atoms with Crippen LogP contribution in [-0.4, -0.2) is 60.3 Å². The van der Waals surface area contributed by atoms with Gasteiger partial charge in [0.2, 0.25) is 5.95 Å². The predicted molar refractivity (Wildman–Crippen MR) is 145 cm³/mol. The first kappa shape index (κ1) is 26.4. The van der Waals surface area contributed by atoms with Crippen LogP contribution in [0.2, 0.25) is 0 Å². The first-order valence-corrected chi connectivity index (χ1v) is 12.0. The minimum Gasteiger partial charge on any atom is -0.497 e. The van der Waals surface area contributed by atoms with Crippen molar-refractivity contribution < 1.29 is 19.0 Å². The first-order valence-electron chi connectivity index (χ1n) is 12.0. The number of carbonyl (C=O) groups is 1. The lowest BCUT2D eigenvalue weighted by Gasteiger charge is -2.13. The summed E-state index contributed by atoms with van der Waals surface area (Å²) in [6.45, 7) is 1.43. The van der Waals surface area contributed by atoms with Crippen molar-refractivity contribution in [2.75, 3.05) is 45.0 Å². The minimum absolute atomic E-state index is 0.320. The van der Waals surface area contributed by atoms with E-state index in [2.05, 4.69) is 30.5 Å². The van der Waals surface area contributed by atoms with Crippen molar-refractivity contribution in [3.05, 3.63) is 90.4 Å². The molecule has 1 amide bonds. The van der Waals surface area contributed by atoms with E-state index in [9.17, 15) is 4.79 Å². The average Bonchev–Trinajstić information content (AvgIpc) is 2.92. The molecule has 0 radical (unpaired) electrons. The maximum Gasteiger partial charge on any atom is 0.418 e. The molecule has 0 aliphatic rings. The molecule has 0 spiro atoms. The molecule has 4 aromatic rings. The van der Waals surface area contributed by atoms with Gasteiger partial charge in [-0.1, -0.05) is 6.07 Å². The molecule has 0 aliphatic carbocycles. The van der Waals surface area contributed by atoms with Gasteiger partial charge in [0.05, 0.1) is 7.11 Å². The van der Waals surface area contributed by atoms with Crippen molar-refractivity contribution in [1.29, 1.82) is 0 Å². The first-order chi connectivity index (χ1) is 18.5. The summed E-state index contributed by atoms with van der Waals surface area (Å²) in [6, 6.07) is 18.0. The number of anilines is 3. The van der Waals surface area contributed by atoms with Crippen molar-refractivity contribution in [3.8, 4) is 17.2 Å². The molecule has 10 nitrogen and oxygen atoms in total. The quantitative estimate of drug-likeness (QED) is 0.292. The van der Waals surface area contributed by atoms with Crippen molar-refractivity contribution in [2.45, 2.75) is 6.42 Å². The van der Waals surface area contributed by atoms with Crippen molar-refractivity contribution in [1.82, 2.24) is 19.9 Å². The Morgan fingerprint density at radius 3 is 2.37 bits per heavy atom. The summed E-state index contributed by atoms with van der Waals surface area (Å²) in [5.74, 6) is 2.46. The smallest absolute Gasteiger partial charge is 0.418 e. The topological polar surface area (TPSA) is 111 Å². The van der Waals surface area contributed by atoms with E-state index in [1.807, 2.05) is 50.5 Å². The van der Waals surface area contributed by atoms with Gasteiger partial charge < -0.3 is 24.4 Å². The van der Waals surface area contributed by atoms with E-state index >= 15 is 0 Å². The fraction of sp³-hybridized carbons (Fsp3) is 0.214. The highest BCUT2D eigenvalue weighted by Crippen LogP contribution is 2.23. The van der Waals surface area contributed by atoms with Gasteiger partial charge in [-0.05, 0) is 74.3 Å². The Bertz CT molecular complexity index is 1320. The third-order valence-corrected chi connectivity index (χ3v) is 5.39. The van der Waals surface area contributed by atoms with Gasteiger partial charge in [-0.2, -0.15) is 4.98 Å². The summed E-state index contributed by atoms with van der Waals surface area (Å²) in [5, 5.41) is 5.92. The molecule has 2 aromatic heterocycles. The number of rotatable bonds is 11. The van der Waals surface area contributed by atoms with Gasteiger partial charge in [0.1, 0.15) is 29.7 Å². The molecule has 0 bridgehead atoms. The monoisotopic (exact) mass is 514 g/mol. The number of nitrogens with zero attached hydrogens (tertiary/aromatic N) is 4. The number of amides is 1. The Labute approximate surface area is 221 Å². The number of likely N-dealkylation sites (N-methyl/N-ethyl adjacent to an activating group) is 1. The summed E-state index contributed by atoms with van der Waals surface area (Å²) in [6.07, 6.45) is 4.94. The van der Waals surface area contributed by atoms with Crippen LogP contribution in [0, 0.1) is 0 Å². The zero-order valence-corrected chi connectivity index (χ0v) is 21.5. The molecule has 2 N–H and O–H groups in total. The number of carbonyl (C=O) groups excluding carboxylic acids is 1. The average molecular weight is 515 g/mol. The van der Waals surface area contributed by atoms with E-state index < -0.39 is 6.09 Å². The lowest BCUT2D eigenvalue weighted by atomic mass is 10.1. The number of ether oxygens (including phenoxy) is 3. The number of benzene rings is 2. The van der Waals surface area contributed by atoms with Crippen LogP contribution >= 0.6 is 0 Å². The van der Waals surface area contributed by atoms with Gasteiger partial charge in [0.15, 0.2) is 0 Å². The van der Waals surface area contributed by atoms with Crippen LogP contribution in [0.25, 0.3) is 0 Å². The highest BCUT2D eigenvalue weighted by Gasteiger charge is 2.14. The SMILES string of the molecule is COc1ccc(OC(=O)Nc2nc(Nc3ccc(OCCN(C)C)cc3)ncc2Cc2cccnc2)cc1. The minimum atomic E-state index is -0.675. The number of nitrogens with one attached hydrogen (secondary N) is 2. The van der Waals surface area contributed by atoms with Crippen molar-refractivity contribution >= 4 is 23.5 Å². The van der Waals surface area contributed by atoms with Gasteiger partial charge in [0, 0.05) is 42.8 Å². The van der Waals surface area contributed by atoms with E-state index in [4.69, 9.17) is 14.2 Å². The second-order valence-corrected chi connectivity index (χ2v) is 8.60. The van der Waals surface area contributed by atoms with Crippen LogP contribution in [0.4, 0.5) is 22.2 Å². The molecule has 0 unspecified atom stereocenters. The van der Waals surface area contributed by atoms with E-state index in [0.717, 1.165) is 23.5 Å². The number of methoxy groups -OCH3 is 1. The molecule has 0 aliphatic heterocycles. The number of hydrogen-bond donors (Lipinski definition) is 2. The van der Waals surface area contributed by atoms with Gasteiger partial charge in [0.25, 0.3) is 0 Å². The zero-order valence-electron chi connectivity index (χ0n) is 21.5. The molecular weight excluding hydrogens is 484 g/mol. The standard InChI is InChI=1S/C28H30N6O4/c1-34(2)15-16-37-24-8-6-22(7-9-24)31-27-30-19-21(17-20-5-4-14-29-18-20)26(32-27)33-28(35)38-25-12-10-23(36-3)11-13-25/h4-14,18-19H,15-17H2,1-3H3,(H2,30,31,32,33,35). The summed E-state index contributed by atoms with van der Waals surface area (Å²) in [5.41, 5.74) is 2.44. The van der Waals surface area contributed by atoms with Gasteiger partial charge in [-0.25, -0.2) is 9.78 Å². The van der Waals surface area contributed by atoms with Crippen LogP contribution in [0.15, 0.2) is 79.3 Å². The lowest BCUT2D eigenvalue weighted by molar-refractivity contribution is 0.215. The fourth-order valence-corrected chi connectivity index (χ4v) is 3.41. The van der Waals surface area contributed by atoms with Gasteiger partial charge in [-0.15, -0.1) is 0 Å². The van der Waals surface area contributed by atoms with E-state index in [0.29, 0.717) is 41.9 Å². The lowest BCUT2D eigenvalue weighted by Crippen LogP contribution is -2.19. The highest BCUT2D eigenvalue weighted by molar-refractivity contribution is 5.86. The molecule has 0 saturated heterocycles. The van der Waals surface area contributed by atoms with Crippen LogP contribution in [-0.2, 0) is 6.42 Å². The van der Waals surface area contributed by atoms with Crippen LogP contribution in [0.5, 0.6) is 17.2 Å². The molecule has 0 fully saturated rings. The Hall–Kier alpha value is -4.70. The van der Waals surface area contributed by atoms with Crippen LogP contribution < -0.4 is 24.8 Å². The van der Waals surface area contributed by atoms with Gasteiger partial charge >= 0.3 is 6.09 Å². The van der Waals surface area contributed by atoms with E-state index in [1.54, 1.807) is 50.0 Å². The van der Waals surface area contributed by atoms with Crippen LogP contribution in [0.1, 0.15) is 11.1 Å². The molecule has 0 atom stereocenters. The number of pyridine rings is 1. The second-order valence-electron chi connectivity index (χ2n) is 8.60. The summed E-state index contributed by atoms with van der Waals surface area (Å²) in [4.78, 5) is 27.9. The summed E-state index contributed by atoms with van der Waals surface area (Å²) in [7, 11) is 5.57. The molecule has 38 heavy (non-hydrogen) atoms. The zero-order chi connectivity index (χ0) is 26.7. The Kier molecular flexibility index (Phi) is 9.03.